The summed E-state index contributed by atoms with van der Waals surface area (Å²) < 4.78 is 37.9. The summed E-state index contributed by atoms with van der Waals surface area (Å²) in [6.45, 7) is 3.97. The normalized spacial score (nSPS) is 25.7. The van der Waals surface area contributed by atoms with E-state index < -0.39 is 11.1 Å². The maximum absolute atomic E-state index is 12.6. The second-order valence-corrected chi connectivity index (χ2v) is 7.15. The minimum Gasteiger partial charge on any atom is -0.348 e. The molecule has 3 nitrogen and oxygen atoms in total. The van der Waals surface area contributed by atoms with Crippen LogP contribution in [0.3, 0.4) is 0 Å². The molecule has 0 radical (unpaired) electrons. The van der Waals surface area contributed by atoms with E-state index in [1.54, 1.807) is 0 Å². The third kappa shape index (κ3) is 3.34. The number of likely N-dealkylation sites (tertiary alicyclic amines) is 1. The molecular weight excluding hydrogens is 299 g/mol. The lowest BCUT2D eigenvalue weighted by molar-refractivity contribution is -0.134. The van der Waals surface area contributed by atoms with Gasteiger partial charge < -0.3 is 9.80 Å². The Hall–Kier alpha value is -0.820. The molecule has 0 N–H and O–H groups in total. The van der Waals surface area contributed by atoms with Crippen molar-refractivity contribution in [1.29, 1.82) is 0 Å². The van der Waals surface area contributed by atoms with Crippen LogP contribution in [-0.2, 0) is 6.18 Å². The molecule has 118 valence electrons. The Kier molecular flexibility index (Phi) is 4.14. The van der Waals surface area contributed by atoms with Crippen molar-refractivity contribution < 1.29 is 13.2 Å². The molecule has 2 aliphatic heterocycles. The van der Waals surface area contributed by atoms with Gasteiger partial charge in [-0.3, -0.25) is 0 Å². The standard InChI is InChI=1S/C14H20F3N3S/c1-19-5-2-10(3-6-19)11-4-7-20(9-11)13-18-8-12(21-13)14(15,16)17/h8,10-11H,2-7,9H2,1H3. The predicted molar refractivity (Wildman–Crippen MR) is 77.7 cm³/mol. The lowest BCUT2D eigenvalue weighted by Crippen LogP contribution is -2.34. The van der Waals surface area contributed by atoms with Crippen LogP contribution in [0.2, 0.25) is 0 Å². The Morgan fingerprint density at radius 2 is 1.81 bits per heavy atom. The lowest BCUT2D eigenvalue weighted by atomic mass is 9.84. The van der Waals surface area contributed by atoms with Crippen LogP contribution in [0.1, 0.15) is 24.1 Å². The first-order valence-corrected chi connectivity index (χ1v) is 8.21. The van der Waals surface area contributed by atoms with Gasteiger partial charge in [0.25, 0.3) is 0 Å². The summed E-state index contributed by atoms with van der Waals surface area (Å²) in [5.41, 5.74) is 0. The monoisotopic (exact) mass is 319 g/mol. The predicted octanol–water partition coefficient (Wildman–Crippen LogP) is 3.33. The molecule has 2 aliphatic rings. The Balaban J connectivity index is 1.60. The molecule has 3 heterocycles. The average Bonchev–Trinajstić information content (AvgIpc) is 3.07. The SMILES string of the molecule is CN1CCC(C2CCN(c3ncc(C(F)(F)F)s3)C2)CC1. The van der Waals surface area contributed by atoms with Crippen LogP contribution in [-0.4, -0.2) is 43.1 Å². The fourth-order valence-electron chi connectivity index (χ4n) is 3.39. The maximum Gasteiger partial charge on any atom is 0.427 e. The number of aromatic nitrogens is 1. The maximum atomic E-state index is 12.6. The third-order valence-corrected chi connectivity index (χ3v) is 5.80. The number of hydrogen-bond donors (Lipinski definition) is 0. The average molecular weight is 319 g/mol. The van der Waals surface area contributed by atoms with Crippen molar-refractivity contribution in [3.63, 3.8) is 0 Å². The largest absolute Gasteiger partial charge is 0.427 e. The van der Waals surface area contributed by atoms with Gasteiger partial charge >= 0.3 is 6.18 Å². The molecule has 1 aromatic heterocycles. The number of alkyl halides is 3. The van der Waals surface area contributed by atoms with E-state index in [0.717, 1.165) is 50.1 Å². The lowest BCUT2D eigenvalue weighted by Gasteiger charge is -2.32. The van der Waals surface area contributed by atoms with E-state index in [0.29, 0.717) is 17.0 Å². The van der Waals surface area contributed by atoms with E-state index in [4.69, 9.17) is 0 Å². The number of hydrogen-bond acceptors (Lipinski definition) is 4. The second kappa shape index (κ2) is 5.76. The van der Waals surface area contributed by atoms with Gasteiger partial charge in [-0.2, -0.15) is 13.2 Å². The van der Waals surface area contributed by atoms with Gasteiger partial charge in [0.15, 0.2) is 5.13 Å². The highest BCUT2D eigenvalue weighted by atomic mass is 32.1. The smallest absolute Gasteiger partial charge is 0.348 e. The molecule has 3 rings (SSSR count). The molecule has 21 heavy (non-hydrogen) atoms. The van der Waals surface area contributed by atoms with Crippen molar-refractivity contribution >= 4 is 16.5 Å². The summed E-state index contributed by atoms with van der Waals surface area (Å²) in [5.74, 6) is 1.32. The zero-order valence-electron chi connectivity index (χ0n) is 12.1. The Morgan fingerprint density at radius 3 is 2.43 bits per heavy atom. The molecular formula is C14H20F3N3S. The number of halogens is 3. The summed E-state index contributed by atoms with van der Waals surface area (Å²) in [6.07, 6.45) is 0.183. The summed E-state index contributed by atoms with van der Waals surface area (Å²) in [7, 11) is 2.14. The van der Waals surface area contributed by atoms with E-state index in [2.05, 4.69) is 16.9 Å². The highest BCUT2D eigenvalue weighted by Crippen LogP contribution is 2.39. The van der Waals surface area contributed by atoms with Crippen molar-refractivity contribution in [2.24, 2.45) is 11.8 Å². The van der Waals surface area contributed by atoms with Crippen LogP contribution < -0.4 is 4.90 Å². The van der Waals surface area contributed by atoms with Gasteiger partial charge in [0.2, 0.25) is 0 Å². The molecule has 7 heteroatoms. The first kappa shape index (κ1) is 15.1. The summed E-state index contributed by atoms with van der Waals surface area (Å²) in [5, 5.41) is 0.526. The summed E-state index contributed by atoms with van der Waals surface area (Å²) in [4.78, 5) is 7.75. The fourth-order valence-corrected chi connectivity index (χ4v) is 4.21. The van der Waals surface area contributed by atoms with Gasteiger partial charge in [0.1, 0.15) is 4.88 Å². The number of rotatable bonds is 2. The van der Waals surface area contributed by atoms with Crippen LogP contribution in [0.4, 0.5) is 18.3 Å². The number of piperidine rings is 1. The first-order chi connectivity index (χ1) is 9.93. The van der Waals surface area contributed by atoms with Crippen molar-refractivity contribution in [2.75, 3.05) is 38.1 Å². The topological polar surface area (TPSA) is 19.4 Å². The van der Waals surface area contributed by atoms with Gasteiger partial charge in [-0.25, -0.2) is 4.98 Å². The second-order valence-electron chi connectivity index (χ2n) is 6.14. The molecule has 2 fully saturated rings. The number of nitrogens with zero attached hydrogens (tertiary/aromatic N) is 3. The van der Waals surface area contributed by atoms with Crippen LogP contribution >= 0.6 is 11.3 Å². The first-order valence-electron chi connectivity index (χ1n) is 7.40. The van der Waals surface area contributed by atoms with Gasteiger partial charge in [0.05, 0.1) is 6.20 Å². The molecule has 0 saturated carbocycles. The Morgan fingerprint density at radius 1 is 1.14 bits per heavy atom. The number of anilines is 1. The van der Waals surface area contributed by atoms with E-state index >= 15 is 0 Å². The molecule has 2 saturated heterocycles. The van der Waals surface area contributed by atoms with Crippen molar-refractivity contribution in [1.82, 2.24) is 9.88 Å². The fraction of sp³-hybridized carbons (Fsp3) is 0.786. The van der Waals surface area contributed by atoms with Gasteiger partial charge in [0, 0.05) is 13.1 Å². The van der Waals surface area contributed by atoms with E-state index in [-0.39, 0.29) is 0 Å². The van der Waals surface area contributed by atoms with E-state index in [1.807, 2.05) is 4.90 Å². The zero-order chi connectivity index (χ0) is 15.0. The van der Waals surface area contributed by atoms with Gasteiger partial charge in [-0.1, -0.05) is 11.3 Å². The minimum absolute atomic E-state index is 0.526. The minimum atomic E-state index is -4.27. The van der Waals surface area contributed by atoms with Crippen LogP contribution in [0.15, 0.2) is 6.20 Å². The summed E-state index contributed by atoms with van der Waals surface area (Å²) >= 11 is 0.768. The summed E-state index contributed by atoms with van der Waals surface area (Å²) in [6, 6.07) is 0. The van der Waals surface area contributed by atoms with Crippen LogP contribution in [0, 0.1) is 11.8 Å². The number of thiazole rings is 1. The molecule has 0 spiro atoms. The van der Waals surface area contributed by atoms with E-state index in [9.17, 15) is 13.2 Å². The Bertz CT molecular complexity index is 480. The Labute approximate surface area is 126 Å². The highest BCUT2D eigenvalue weighted by molar-refractivity contribution is 7.15. The molecule has 0 aliphatic carbocycles. The van der Waals surface area contributed by atoms with Crippen LogP contribution in [0.25, 0.3) is 0 Å². The van der Waals surface area contributed by atoms with Crippen molar-refractivity contribution in [2.45, 2.75) is 25.4 Å². The quantitative estimate of drug-likeness (QED) is 0.833. The van der Waals surface area contributed by atoms with Crippen molar-refractivity contribution in [3.05, 3.63) is 11.1 Å². The molecule has 1 aromatic rings. The van der Waals surface area contributed by atoms with Crippen LogP contribution in [0.5, 0.6) is 0 Å². The van der Waals surface area contributed by atoms with Gasteiger partial charge in [-0.05, 0) is 51.2 Å². The van der Waals surface area contributed by atoms with Crippen molar-refractivity contribution in [3.8, 4) is 0 Å². The molecule has 0 bridgehead atoms. The molecule has 0 aromatic carbocycles. The molecule has 1 atom stereocenters. The highest BCUT2D eigenvalue weighted by Gasteiger charge is 2.36. The molecule has 1 unspecified atom stereocenters. The zero-order valence-corrected chi connectivity index (χ0v) is 12.9. The van der Waals surface area contributed by atoms with E-state index in [1.165, 1.54) is 12.8 Å². The third-order valence-electron chi connectivity index (χ3n) is 4.70. The van der Waals surface area contributed by atoms with Gasteiger partial charge in [-0.15, -0.1) is 0 Å². The molecule has 0 amide bonds.